The molecule has 0 spiro atoms. The van der Waals surface area contributed by atoms with Crippen LogP contribution in [-0.2, 0) is 25.8 Å². The average molecular weight is 687 g/mol. The van der Waals surface area contributed by atoms with Crippen molar-refractivity contribution < 1.29 is 0 Å². The number of imidazole rings is 2. The molecule has 0 aliphatic rings. The van der Waals surface area contributed by atoms with Crippen LogP contribution in [0.25, 0.3) is 50.5 Å². The topological polar surface area (TPSA) is 35.6 Å². The normalized spacial score (nSPS) is 12.6. The zero-order chi connectivity index (χ0) is 36.7. The molecule has 0 saturated heterocycles. The van der Waals surface area contributed by atoms with Gasteiger partial charge in [-0.25, -0.2) is 9.97 Å². The Hall–Kier alpha value is -4.96. The van der Waals surface area contributed by atoms with Gasteiger partial charge in [-0.15, -0.1) is 0 Å². The third kappa shape index (κ3) is 7.77. The lowest BCUT2D eigenvalue weighted by Gasteiger charge is -2.29. The number of fused-ring (bicyclic) bond motifs is 2. The lowest BCUT2D eigenvalue weighted by molar-refractivity contribution is 0.332. The molecule has 2 aromatic heterocycles. The van der Waals surface area contributed by atoms with Gasteiger partial charge >= 0.3 is 0 Å². The molecule has 0 bridgehead atoms. The molecule has 5 aromatic carbocycles. The molecule has 0 unspecified atom stereocenters. The van der Waals surface area contributed by atoms with Crippen molar-refractivity contribution in [2.75, 3.05) is 0 Å². The lowest BCUT2D eigenvalue weighted by atomic mass is 9.79. The zero-order valence-electron chi connectivity index (χ0n) is 32.4. The molecule has 0 N–H and O–H groups in total. The van der Waals surface area contributed by atoms with Crippen molar-refractivity contribution in [1.29, 1.82) is 0 Å². The van der Waals surface area contributed by atoms with E-state index < -0.39 is 0 Å². The van der Waals surface area contributed by atoms with Crippen molar-refractivity contribution in [3.05, 3.63) is 138 Å². The Morgan fingerprint density at radius 2 is 1.12 bits per heavy atom. The van der Waals surface area contributed by atoms with Crippen molar-refractivity contribution in [1.82, 2.24) is 19.1 Å². The molecule has 266 valence electrons. The van der Waals surface area contributed by atoms with Crippen LogP contribution < -0.4 is 0 Å². The van der Waals surface area contributed by atoms with Crippen LogP contribution in [0.4, 0.5) is 0 Å². The molecule has 4 nitrogen and oxygen atoms in total. The van der Waals surface area contributed by atoms with E-state index in [1.807, 2.05) is 0 Å². The Morgan fingerprint density at radius 1 is 0.519 bits per heavy atom. The van der Waals surface area contributed by atoms with E-state index in [0.717, 1.165) is 71.6 Å². The van der Waals surface area contributed by atoms with Crippen LogP contribution in [-0.4, -0.2) is 19.1 Å². The molecule has 7 aromatic rings. The summed E-state index contributed by atoms with van der Waals surface area (Å²) in [5, 5.41) is 0. The predicted molar refractivity (Wildman–Crippen MR) is 220 cm³/mol. The second kappa shape index (κ2) is 13.9. The number of para-hydroxylation sites is 3. The van der Waals surface area contributed by atoms with E-state index in [4.69, 9.17) is 9.97 Å². The van der Waals surface area contributed by atoms with Crippen LogP contribution in [0.1, 0.15) is 78.5 Å². The van der Waals surface area contributed by atoms with Crippen LogP contribution in [0.2, 0.25) is 0 Å². The van der Waals surface area contributed by atoms with E-state index in [0.29, 0.717) is 0 Å². The highest BCUT2D eigenvalue weighted by molar-refractivity contribution is 5.84. The third-order valence-electron chi connectivity index (χ3n) is 9.98. The summed E-state index contributed by atoms with van der Waals surface area (Å²) in [5.74, 6) is 2.05. The summed E-state index contributed by atoms with van der Waals surface area (Å²) in [6.45, 7) is 19.7. The molecule has 7 rings (SSSR count). The smallest absolute Gasteiger partial charge is 0.145 e. The van der Waals surface area contributed by atoms with E-state index in [1.54, 1.807) is 0 Å². The fourth-order valence-electron chi connectivity index (χ4n) is 7.68. The first kappa shape index (κ1) is 35.4. The minimum absolute atomic E-state index is 0.0498. The van der Waals surface area contributed by atoms with Gasteiger partial charge in [-0.1, -0.05) is 152 Å². The molecule has 0 radical (unpaired) electrons. The second-order valence-corrected chi connectivity index (χ2v) is 17.9. The monoisotopic (exact) mass is 686 g/mol. The first-order valence-corrected chi connectivity index (χ1v) is 18.9. The van der Waals surface area contributed by atoms with E-state index in [1.165, 1.54) is 27.9 Å². The minimum atomic E-state index is 0.0498. The number of hydrogen-bond donors (Lipinski definition) is 0. The summed E-state index contributed by atoms with van der Waals surface area (Å²) >= 11 is 0. The van der Waals surface area contributed by atoms with Crippen LogP contribution >= 0.6 is 0 Å². The van der Waals surface area contributed by atoms with Crippen LogP contribution in [0, 0.1) is 16.2 Å². The number of hydrogen-bond acceptors (Lipinski definition) is 2. The van der Waals surface area contributed by atoms with Crippen LogP contribution in [0.3, 0.4) is 0 Å². The SMILES string of the molecule is CC(C)(C)Cc1cccc(CC(C)(C)CCc2ccc3c(c2)nc(-c2ccccc2)n3CC(C)(C)C)c1-n1c(-c2ccccc2)nc2ccccc21. The van der Waals surface area contributed by atoms with Crippen molar-refractivity contribution in [2.45, 2.75) is 87.6 Å². The maximum absolute atomic E-state index is 5.24. The van der Waals surface area contributed by atoms with Gasteiger partial charge in [0.25, 0.3) is 0 Å². The van der Waals surface area contributed by atoms with E-state index in [-0.39, 0.29) is 16.2 Å². The highest BCUT2D eigenvalue weighted by atomic mass is 15.1. The van der Waals surface area contributed by atoms with Gasteiger partial charge in [0.15, 0.2) is 0 Å². The van der Waals surface area contributed by atoms with Gasteiger partial charge in [-0.2, -0.15) is 0 Å². The van der Waals surface area contributed by atoms with Gasteiger partial charge in [-0.05, 0) is 82.9 Å². The molecule has 0 aliphatic heterocycles. The van der Waals surface area contributed by atoms with Crippen molar-refractivity contribution >= 4 is 22.1 Å². The Balaban J connectivity index is 1.24. The van der Waals surface area contributed by atoms with Gasteiger partial charge in [0.1, 0.15) is 11.6 Å². The van der Waals surface area contributed by atoms with Gasteiger partial charge < -0.3 is 4.57 Å². The molecular weight excluding hydrogens is 633 g/mol. The van der Waals surface area contributed by atoms with Crippen LogP contribution in [0.5, 0.6) is 0 Å². The maximum atomic E-state index is 5.24. The molecule has 52 heavy (non-hydrogen) atoms. The third-order valence-corrected chi connectivity index (χ3v) is 9.98. The number of rotatable bonds is 10. The summed E-state index contributed by atoms with van der Waals surface area (Å²) in [7, 11) is 0. The molecule has 0 aliphatic carbocycles. The van der Waals surface area contributed by atoms with E-state index >= 15 is 0 Å². The number of nitrogens with zero attached hydrogens (tertiary/aromatic N) is 4. The van der Waals surface area contributed by atoms with Crippen molar-refractivity contribution in [3.8, 4) is 28.5 Å². The minimum Gasteiger partial charge on any atom is -0.323 e. The highest BCUT2D eigenvalue weighted by Gasteiger charge is 2.27. The quantitative estimate of drug-likeness (QED) is 0.144. The fourth-order valence-corrected chi connectivity index (χ4v) is 7.68. The molecule has 0 amide bonds. The van der Waals surface area contributed by atoms with Gasteiger partial charge in [-0.3, -0.25) is 4.57 Å². The summed E-state index contributed by atoms with van der Waals surface area (Å²) in [5.41, 5.74) is 12.4. The number of aromatic nitrogens is 4. The summed E-state index contributed by atoms with van der Waals surface area (Å²) in [6.07, 6.45) is 3.99. The Kier molecular flexibility index (Phi) is 9.46. The molecule has 0 atom stereocenters. The summed E-state index contributed by atoms with van der Waals surface area (Å²) in [4.78, 5) is 10.5. The molecule has 0 fully saturated rings. The first-order chi connectivity index (χ1) is 24.7. The summed E-state index contributed by atoms with van der Waals surface area (Å²) in [6, 6.07) is 43.8. The van der Waals surface area contributed by atoms with Crippen LogP contribution in [0.15, 0.2) is 121 Å². The maximum Gasteiger partial charge on any atom is 0.145 e. The van der Waals surface area contributed by atoms with Gasteiger partial charge in [0.2, 0.25) is 0 Å². The first-order valence-electron chi connectivity index (χ1n) is 18.9. The fraction of sp³-hybridized carbons (Fsp3) is 0.333. The predicted octanol–water partition coefficient (Wildman–Crippen LogP) is 12.5. The lowest BCUT2D eigenvalue weighted by Crippen LogP contribution is -2.19. The Morgan fingerprint density at radius 3 is 1.77 bits per heavy atom. The van der Waals surface area contributed by atoms with Crippen molar-refractivity contribution in [2.24, 2.45) is 16.2 Å². The van der Waals surface area contributed by atoms with E-state index in [2.05, 4.69) is 186 Å². The summed E-state index contributed by atoms with van der Waals surface area (Å²) < 4.78 is 4.86. The van der Waals surface area contributed by atoms with Gasteiger partial charge in [0, 0.05) is 17.7 Å². The molecule has 4 heteroatoms. The van der Waals surface area contributed by atoms with Gasteiger partial charge in [0.05, 0.1) is 27.8 Å². The average Bonchev–Trinajstić information content (AvgIpc) is 3.65. The van der Waals surface area contributed by atoms with E-state index in [9.17, 15) is 0 Å². The standard InChI is InChI=1S/C48H54N4/c1-46(2,3)31-37-22-17-23-38(43(37)52-42-25-16-15-24-39(42)49-45(52)36-20-13-10-14-21-36)32-48(7,8)29-28-34-26-27-41-40(30-34)50-44(35-18-11-9-12-19-35)51(41)33-47(4,5)6/h9-27,30H,28-29,31-33H2,1-8H3. The Bertz CT molecular complexity index is 2310. The highest BCUT2D eigenvalue weighted by Crippen LogP contribution is 2.38. The largest absolute Gasteiger partial charge is 0.323 e. The number of benzene rings is 5. The second-order valence-electron chi connectivity index (χ2n) is 17.9. The molecule has 2 heterocycles. The van der Waals surface area contributed by atoms with Crippen molar-refractivity contribution in [3.63, 3.8) is 0 Å². The zero-order valence-corrected chi connectivity index (χ0v) is 32.4. The molecular formula is C48H54N4. The number of aryl methyl sites for hydroxylation is 1. The molecule has 0 saturated carbocycles. The Labute approximate surface area is 310 Å².